The zero-order chi connectivity index (χ0) is 15.3. The van der Waals surface area contributed by atoms with E-state index in [-0.39, 0.29) is 18.4 Å². The third-order valence-electron chi connectivity index (χ3n) is 3.80. The van der Waals surface area contributed by atoms with Crippen LogP contribution in [0.5, 0.6) is 0 Å². The number of thiophene rings is 2. The SMILES string of the molecule is CCC(CC)C(=O)NCC(O)(c1ccsc1)c1cccs1. The second-order valence-electron chi connectivity index (χ2n) is 5.08. The van der Waals surface area contributed by atoms with Crippen LogP contribution < -0.4 is 5.32 Å². The van der Waals surface area contributed by atoms with Crippen LogP contribution >= 0.6 is 22.7 Å². The van der Waals surface area contributed by atoms with Gasteiger partial charge in [0.05, 0.1) is 6.54 Å². The minimum absolute atomic E-state index is 0.0139. The van der Waals surface area contributed by atoms with Crippen LogP contribution in [-0.2, 0) is 10.4 Å². The summed E-state index contributed by atoms with van der Waals surface area (Å²) in [6.07, 6.45) is 1.64. The quantitative estimate of drug-likeness (QED) is 0.818. The number of aliphatic hydroxyl groups is 1. The second-order valence-corrected chi connectivity index (χ2v) is 6.81. The lowest BCUT2D eigenvalue weighted by Gasteiger charge is -2.27. The summed E-state index contributed by atoms with van der Waals surface area (Å²) in [4.78, 5) is 13.0. The molecule has 2 heterocycles. The Bertz CT molecular complexity index is 511. The highest BCUT2D eigenvalue weighted by Gasteiger charge is 2.34. The molecule has 0 saturated carbocycles. The van der Waals surface area contributed by atoms with E-state index in [0.29, 0.717) is 0 Å². The monoisotopic (exact) mass is 323 g/mol. The molecule has 0 spiro atoms. The molecule has 0 fully saturated rings. The van der Waals surface area contributed by atoms with Crippen molar-refractivity contribution in [3.8, 4) is 0 Å². The molecule has 1 unspecified atom stereocenters. The van der Waals surface area contributed by atoms with E-state index in [9.17, 15) is 9.90 Å². The summed E-state index contributed by atoms with van der Waals surface area (Å²) < 4.78 is 0. The molecule has 0 bridgehead atoms. The first-order valence-electron chi connectivity index (χ1n) is 7.18. The minimum atomic E-state index is -1.14. The summed E-state index contributed by atoms with van der Waals surface area (Å²) in [7, 11) is 0. The van der Waals surface area contributed by atoms with E-state index in [4.69, 9.17) is 0 Å². The van der Waals surface area contributed by atoms with Crippen molar-refractivity contribution in [2.24, 2.45) is 5.92 Å². The van der Waals surface area contributed by atoms with E-state index in [1.165, 1.54) is 11.3 Å². The van der Waals surface area contributed by atoms with E-state index in [0.717, 1.165) is 23.3 Å². The topological polar surface area (TPSA) is 49.3 Å². The van der Waals surface area contributed by atoms with Crippen molar-refractivity contribution in [2.75, 3.05) is 6.54 Å². The molecule has 21 heavy (non-hydrogen) atoms. The van der Waals surface area contributed by atoms with Gasteiger partial charge in [-0.2, -0.15) is 11.3 Å². The van der Waals surface area contributed by atoms with Gasteiger partial charge in [-0.25, -0.2) is 0 Å². The fraction of sp³-hybridized carbons (Fsp3) is 0.438. The van der Waals surface area contributed by atoms with E-state index in [2.05, 4.69) is 5.32 Å². The number of hydrogen-bond donors (Lipinski definition) is 2. The fourth-order valence-electron chi connectivity index (χ4n) is 2.36. The number of carbonyl (C=O) groups is 1. The van der Waals surface area contributed by atoms with E-state index < -0.39 is 5.60 Å². The Hall–Kier alpha value is -1.17. The number of nitrogens with one attached hydrogen (secondary N) is 1. The van der Waals surface area contributed by atoms with Gasteiger partial charge in [0, 0.05) is 16.4 Å². The number of amides is 1. The predicted octanol–water partition coefficient (Wildman–Crippen LogP) is 3.60. The first-order chi connectivity index (χ1) is 10.1. The van der Waals surface area contributed by atoms with Crippen molar-refractivity contribution < 1.29 is 9.90 Å². The van der Waals surface area contributed by atoms with Crippen LogP contribution in [0.15, 0.2) is 34.3 Å². The molecule has 2 rings (SSSR count). The lowest BCUT2D eigenvalue weighted by Crippen LogP contribution is -2.42. The molecule has 0 aliphatic rings. The molecule has 2 aromatic rings. The van der Waals surface area contributed by atoms with Gasteiger partial charge in [-0.05, 0) is 41.1 Å². The summed E-state index contributed by atoms with van der Waals surface area (Å²) in [5, 5.41) is 19.8. The Morgan fingerprint density at radius 3 is 2.62 bits per heavy atom. The van der Waals surface area contributed by atoms with Crippen molar-refractivity contribution in [1.29, 1.82) is 0 Å². The van der Waals surface area contributed by atoms with Crippen molar-refractivity contribution in [3.05, 3.63) is 44.8 Å². The first-order valence-corrected chi connectivity index (χ1v) is 9.00. The lowest BCUT2D eigenvalue weighted by atomic mass is 9.94. The molecule has 1 atom stereocenters. The van der Waals surface area contributed by atoms with Crippen LogP contribution in [0.3, 0.4) is 0 Å². The molecule has 1 amide bonds. The molecule has 5 heteroatoms. The maximum absolute atomic E-state index is 12.2. The van der Waals surface area contributed by atoms with Gasteiger partial charge in [0.2, 0.25) is 5.91 Å². The fourth-order valence-corrected chi connectivity index (χ4v) is 3.93. The maximum atomic E-state index is 12.2. The lowest BCUT2D eigenvalue weighted by molar-refractivity contribution is -0.126. The normalized spacial score (nSPS) is 14.1. The van der Waals surface area contributed by atoms with Crippen LogP contribution in [0.4, 0.5) is 0 Å². The Labute approximate surface area is 133 Å². The molecule has 0 aliphatic heterocycles. The molecular formula is C16H21NO2S2. The van der Waals surface area contributed by atoms with Gasteiger partial charge in [-0.15, -0.1) is 11.3 Å². The predicted molar refractivity (Wildman–Crippen MR) is 88.7 cm³/mol. The van der Waals surface area contributed by atoms with Crippen LogP contribution in [0.1, 0.15) is 37.1 Å². The number of rotatable bonds is 7. The molecular weight excluding hydrogens is 302 g/mol. The van der Waals surface area contributed by atoms with Gasteiger partial charge in [-0.1, -0.05) is 19.9 Å². The van der Waals surface area contributed by atoms with Crippen LogP contribution in [0.25, 0.3) is 0 Å². The van der Waals surface area contributed by atoms with Gasteiger partial charge in [0.15, 0.2) is 0 Å². The molecule has 2 N–H and O–H groups in total. The van der Waals surface area contributed by atoms with Gasteiger partial charge < -0.3 is 10.4 Å². The highest BCUT2D eigenvalue weighted by Crippen LogP contribution is 2.33. The van der Waals surface area contributed by atoms with E-state index in [1.54, 1.807) is 11.3 Å². The zero-order valence-corrected chi connectivity index (χ0v) is 14.0. The minimum Gasteiger partial charge on any atom is -0.378 e. The number of hydrogen-bond acceptors (Lipinski definition) is 4. The summed E-state index contributed by atoms with van der Waals surface area (Å²) in [6.45, 7) is 4.23. The molecule has 0 radical (unpaired) electrons. The van der Waals surface area contributed by atoms with Crippen LogP contribution in [-0.4, -0.2) is 17.6 Å². The Kier molecular flexibility index (Phi) is 5.56. The number of carbonyl (C=O) groups excluding carboxylic acids is 1. The zero-order valence-electron chi connectivity index (χ0n) is 12.3. The largest absolute Gasteiger partial charge is 0.378 e. The van der Waals surface area contributed by atoms with Crippen molar-refractivity contribution >= 4 is 28.6 Å². The Morgan fingerprint density at radius 2 is 2.10 bits per heavy atom. The van der Waals surface area contributed by atoms with Crippen LogP contribution in [0.2, 0.25) is 0 Å². The van der Waals surface area contributed by atoms with Crippen molar-refractivity contribution in [1.82, 2.24) is 5.32 Å². The average molecular weight is 323 g/mol. The molecule has 0 saturated heterocycles. The molecule has 0 aromatic carbocycles. The average Bonchev–Trinajstić information content (AvgIpc) is 3.18. The van der Waals surface area contributed by atoms with Crippen LogP contribution in [0, 0.1) is 5.92 Å². The van der Waals surface area contributed by atoms with Crippen molar-refractivity contribution in [3.63, 3.8) is 0 Å². The first kappa shape index (κ1) is 16.2. The molecule has 0 aliphatic carbocycles. The van der Waals surface area contributed by atoms with E-state index >= 15 is 0 Å². The smallest absolute Gasteiger partial charge is 0.223 e. The highest BCUT2D eigenvalue weighted by atomic mass is 32.1. The maximum Gasteiger partial charge on any atom is 0.223 e. The summed E-state index contributed by atoms with van der Waals surface area (Å²) in [5.74, 6) is 0.0327. The summed E-state index contributed by atoms with van der Waals surface area (Å²) >= 11 is 3.05. The highest BCUT2D eigenvalue weighted by molar-refractivity contribution is 7.10. The Balaban J connectivity index is 2.17. The third-order valence-corrected chi connectivity index (χ3v) is 5.51. The van der Waals surface area contributed by atoms with Gasteiger partial charge >= 0.3 is 0 Å². The third kappa shape index (κ3) is 3.54. The molecule has 3 nitrogen and oxygen atoms in total. The van der Waals surface area contributed by atoms with Gasteiger partial charge in [-0.3, -0.25) is 4.79 Å². The van der Waals surface area contributed by atoms with E-state index in [1.807, 2.05) is 48.2 Å². The molecule has 2 aromatic heterocycles. The van der Waals surface area contributed by atoms with Gasteiger partial charge in [0.25, 0.3) is 0 Å². The standard InChI is InChI=1S/C16H21NO2S2/c1-3-12(4-2)15(18)17-11-16(19,13-7-9-20-10-13)14-6-5-8-21-14/h5-10,12,19H,3-4,11H2,1-2H3,(H,17,18). The summed E-state index contributed by atoms with van der Waals surface area (Å²) in [6, 6.07) is 5.74. The van der Waals surface area contributed by atoms with Crippen molar-refractivity contribution in [2.45, 2.75) is 32.3 Å². The Morgan fingerprint density at radius 1 is 1.33 bits per heavy atom. The van der Waals surface area contributed by atoms with Gasteiger partial charge in [0.1, 0.15) is 5.60 Å². The second kappa shape index (κ2) is 7.20. The summed E-state index contributed by atoms with van der Waals surface area (Å²) in [5.41, 5.74) is -0.310. The molecule has 114 valence electrons.